The number of aromatic nitrogens is 5. The van der Waals surface area contributed by atoms with Crippen LogP contribution in [0.4, 0.5) is 0 Å². The molecule has 12 heteroatoms. The fourth-order valence-electron chi connectivity index (χ4n) is 3.87. The standard InChI is InChI=1S/C23H22N6O4S2/c1-3-32-23(31)15-10-18(33-28-15)17-12-34-20(27-17)14-4-8-29(9-5-14)22(30)19-13(2)26-21(35-19)16-11-24-6-7-25-16/h6-7,10-12,14H,3-5,8-9H2,1-2H3. The third kappa shape index (κ3) is 4.84. The van der Waals surface area contributed by atoms with Crippen LogP contribution in [0.25, 0.3) is 22.2 Å². The maximum Gasteiger partial charge on any atom is 0.360 e. The zero-order valence-corrected chi connectivity index (χ0v) is 20.8. The van der Waals surface area contributed by atoms with Gasteiger partial charge in [0.15, 0.2) is 11.5 Å². The number of rotatable bonds is 6. The number of ether oxygens (including phenoxy) is 1. The van der Waals surface area contributed by atoms with Crippen LogP contribution in [0.5, 0.6) is 0 Å². The maximum atomic E-state index is 13.2. The summed E-state index contributed by atoms with van der Waals surface area (Å²) in [5.74, 6) is 0.169. The highest BCUT2D eigenvalue weighted by Gasteiger charge is 2.29. The molecule has 4 aromatic heterocycles. The molecule has 0 unspecified atom stereocenters. The van der Waals surface area contributed by atoms with Crippen LogP contribution < -0.4 is 0 Å². The first-order chi connectivity index (χ1) is 17.0. The van der Waals surface area contributed by atoms with Gasteiger partial charge in [-0.3, -0.25) is 14.8 Å². The van der Waals surface area contributed by atoms with Gasteiger partial charge in [-0.25, -0.2) is 14.8 Å². The Kier molecular flexibility index (Phi) is 6.64. The van der Waals surface area contributed by atoms with E-state index in [4.69, 9.17) is 14.2 Å². The van der Waals surface area contributed by atoms with Crippen LogP contribution in [-0.4, -0.2) is 61.6 Å². The van der Waals surface area contributed by atoms with Crippen molar-refractivity contribution in [1.82, 2.24) is 30.0 Å². The van der Waals surface area contributed by atoms with Crippen molar-refractivity contribution in [2.24, 2.45) is 0 Å². The fourth-order valence-corrected chi connectivity index (χ4v) is 5.85. The van der Waals surface area contributed by atoms with Crippen molar-refractivity contribution in [3.05, 3.63) is 51.3 Å². The quantitative estimate of drug-likeness (QED) is 0.351. The molecule has 5 heterocycles. The Morgan fingerprint density at radius 3 is 2.77 bits per heavy atom. The summed E-state index contributed by atoms with van der Waals surface area (Å²) in [6, 6.07) is 1.55. The number of nitrogens with zero attached hydrogens (tertiary/aromatic N) is 6. The number of hydrogen-bond donors (Lipinski definition) is 0. The molecule has 4 aromatic rings. The molecule has 0 atom stereocenters. The molecule has 0 spiro atoms. The number of amides is 1. The first-order valence-corrected chi connectivity index (χ1v) is 12.9. The summed E-state index contributed by atoms with van der Waals surface area (Å²) in [5.41, 5.74) is 2.15. The summed E-state index contributed by atoms with van der Waals surface area (Å²) in [6.07, 6.45) is 6.51. The second kappa shape index (κ2) is 10.0. The Bertz CT molecular complexity index is 1340. The minimum absolute atomic E-state index is 0.00146. The van der Waals surface area contributed by atoms with Gasteiger partial charge in [0.2, 0.25) is 0 Å². The molecule has 180 valence electrons. The van der Waals surface area contributed by atoms with Crippen molar-refractivity contribution in [2.45, 2.75) is 32.6 Å². The molecular formula is C23H22N6O4S2. The second-order valence-electron chi connectivity index (χ2n) is 7.96. The van der Waals surface area contributed by atoms with Gasteiger partial charge in [-0.2, -0.15) is 0 Å². The molecule has 0 aliphatic carbocycles. The van der Waals surface area contributed by atoms with Crippen molar-refractivity contribution < 1.29 is 18.8 Å². The average molecular weight is 511 g/mol. The van der Waals surface area contributed by atoms with E-state index in [0.29, 0.717) is 45.8 Å². The van der Waals surface area contributed by atoms with Crippen molar-refractivity contribution >= 4 is 34.6 Å². The molecule has 1 aliphatic rings. The predicted octanol–water partition coefficient (Wildman–Crippen LogP) is 4.22. The first kappa shape index (κ1) is 23.2. The van der Waals surface area contributed by atoms with E-state index in [1.165, 1.54) is 11.3 Å². The number of carbonyl (C=O) groups excluding carboxylic acids is 2. The van der Waals surface area contributed by atoms with Crippen LogP contribution in [0.3, 0.4) is 0 Å². The van der Waals surface area contributed by atoms with Gasteiger partial charge in [-0.15, -0.1) is 22.7 Å². The number of carbonyl (C=O) groups is 2. The van der Waals surface area contributed by atoms with E-state index in [0.717, 1.165) is 17.8 Å². The minimum Gasteiger partial charge on any atom is -0.461 e. The van der Waals surface area contributed by atoms with Crippen molar-refractivity contribution in [3.8, 4) is 22.2 Å². The Hall–Kier alpha value is -3.51. The van der Waals surface area contributed by atoms with Gasteiger partial charge in [0.1, 0.15) is 21.3 Å². The number of piperidine rings is 1. The van der Waals surface area contributed by atoms with E-state index in [9.17, 15) is 9.59 Å². The molecule has 1 amide bonds. The summed E-state index contributed by atoms with van der Waals surface area (Å²) < 4.78 is 10.2. The first-order valence-electron chi connectivity index (χ1n) is 11.2. The van der Waals surface area contributed by atoms with E-state index < -0.39 is 5.97 Å². The highest BCUT2D eigenvalue weighted by molar-refractivity contribution is 7.17. The van der Waals surface area contributed by atoms with E-state index in [1.807, 2.05) is 17.2 Å². The normalized spacial score (nSPS) is 14.3. The SMILES string of the molecule is CCOC(=O)c1cc(-c2csc(C3CCN(C(=O)c4sc(-c5cnccn5)nc4C)CC3)n2)on1. The molecule has 0 radical (unpaired) electrons. The Morgan fingerprint density at radius 2 is 2.03 bits per heavy atom. The lowest BCUT2D eigenvalue weighted by atomic mass is 9.97. The van der Waals surface area contributed by atoms with Crippen molar-refractivity contribution in [1.29, 1.82) is 0 Å². The maximum absolute atomic E-state index is 13.2. The van der Waals surface area contributed by atoms with Crippen LogP contribution in [0, 0.1) is 6.92 Å². The van der Waals surface area contributed by atoms with E-state index in [2.05, 4.69) is 20.1 Å². The number of aryl methyl sites for hydroxylation is 1. The fraction of sp³-hybridized carbons (Fsp3) is 0.348. The zero-order valence-electron chi connectivity index (χ0n) is 19.1. The topological polar surface area (TPSA) is 124 Å². The summed E-state index contributed by atoms with van der Waals surface area (Å²) in [5, 5.41) is 7.36. The molecule has 5 rings (SSSR count). The number of hydrogen-bond acceptors (Lipinski definition) is 11. The predicted molar refractivity (Wildman–Crippen MR) is 129 cm³/mol. The van der Waals surface area contributed by atoms with Crippen molar-refractivity contribution in [2.75, 3.05) is 19.7 Å². The Labute approximate surface area is 209 Å². The molecule has 1 aliphatic heterocycles. The van der Waals surface area contributed by atoms with E-state index in [1.54, 1.807) is 42.9 Å². The van der Waals surface area contributed by atoms with Crippen LogP contribution in [0.2, 0.25) is 0 Å². The molecule has 0 N–H and O–H groups in total. The van der Waals surface area contributed by atoms with Gasteiger partial charge >= 0.3 is 5.97 Å². The van der Waals surface area contributed by atoms with E-state index >= 15 is 0 Å². The number of esters is 1. The molecule has 1 saturated heterocycles. The third-order valence-corrected chi connectivity index (χ3v) is 7.85. The Balaban J connectivity index is 1.22. The number of thiazole rings is 2. The zero-order chi connectivity index (χ0) is 24.4. The molecule has 0 bridgehead atoms. The molecule has 1 fully saturated rings. The van der Waals surface area contributed by atoms with Crippen LogP contribution in [0.1, 0.15) is 56.5 Å². The largest absolute Gasteiger partial charge is 0.461 e. The van der Waals surface area contributed by atoms with Crippen LogP contribution in [0.15, 0.2) is 34.6 Å². The second-order valence-corrected chi connectivity index (χ2v) is 9.85. The third-order valence-electron chi connectivity index (χ3n) is 5.67. The minimum atomic E-state index is -0.519. The van der Waals surface area contributed by atoms with Gasteiger partial charge in [0.05, 0.1) is 23.5 Å². The summed E-state index contributed by atoms with van der Waals surface area (Å²) in [7, 11) is 0. The van der Waals surface area contributed by atoms with Crippen LogP contribution >= 0.6 is 22.7 Å². The summed E-state index contributed by atoms with van der Waals surface area (Å²) >= 11 is 2.90. The van der Waals surface area contributed by atoms with Crippen LogP contribution in [-0.2, 0) is 4.74 Å². The van der Waals surface area contributed by atoms with E-state index in [-0.39, 0.29) is 24.1 Å². The number of likely N-dealkylation sites (tertiary alicyclic amines) is 1. The Morgan fingerprint density at radius 1 is 1.20 bits per heavy atom. The lowest BCUT2D eigenvalue weighted by molar-refractivity contribution is 0.0514. The van der Waals surface area contributed by atoms with Gasteiger partial charge in [0.25, 0.3) is 5.91 Å². The van der Waals surface area contributed by atoms with Crippen molar-refractivity contribution in [3.63, 3.8) is 0 Å². The molecule has 35 heavy (non-hydrogen) atoms. The highest BCUT2D eigenvalue weighted by Crippen LogP contribution is 2.34. The molecule has 10 nitrogen and oxygen atoms in total. The lowest BCUT2D eigenvalue weighted by Gasteiger charge is -2.30. The average Bonchev–Trinajstić information content (AvgIpc) is 3.64. The van der Waals surface area contributed by atoms with Gasteiger partial charge in [-0.05, 0) is 26.7 Å². The molecule has 0 saturated carbocycles. The van der Waals surface area contributed by atoms with Gasteiger partial charge in [-0.1, -0.05) is 5.16 Å². The monoisotopic (exact) mass is 510 g/mol. The highest BCUT2D eigenvalue weighted by atomic mass is 32.1. The van der Waals surface area contributed by atoms with Gasteiger partial charge in [0, 0.05) is 42.8 Å². The van der Waals surface area contributed by atoms with Gasteiger partial charge < -0.3 is 14.2 Å². The summed E-state index contributed by atoms with van der Waals surface area (Å²) in [4.78, 5) is 45.1. The molecule has 0 aromatic carbocycles. The smallest absolute Gasteiger partial charge is 0.360 e. The molecular weight excluding hydrogens is 488 g/mol. The lowest BCUT2D eigenvalue weighted by Crippen LogP contribution is -2.37. The summed E-state index contributed by atoms with van der Waals surface area (Å²) in [6.45, 7) is 5.15.